The van der Waals surface area contributed by atoms with E-state index in [9.17, 15) is 0 Å². The maximum atomic E-state index is 7.94. The van der Waals surface area contributed by atoms with Crippen LogP contribution in [0.1, 0.15) is 231 Å². The molecule has 0 N–H and O–H groups in total. The SMILES string of the molecule is CC(C)(C)c1ccc(N2c3cc(N(c4ccc(C(C)(C)c5ccccc5)cc4)c4ccc(C(C)(C)c5ccccc5)cc4)cc4c3B(c3cc5c(cc3N4c3ccc4c(c3)C(C)(C)CCC4(C)C)C(C)(C)CCC5(C)C)c3oc4cc5c(cc4c32)C(C)(C)CCC5(C)C)cc1. The van der Waals surface area contributed by atoms with Crippen molar-refractivity contribution in [2.24, 2.45) is 0 Å². The highest BCUT2D eigenvalue weighted by Gasteiger charge is 2.51. The molecule has 0 radical (unpaired) electrons. The van der Waals surface area contributed by atoms with E-state index < -0.39 is 0 Å². The largest absolute Gasteiger partial charge is 0.468 e. The number of fused-ring (bicyclic) bond motifs is 9. The highest BCUT2D eigenvalue weighted by atomic mass is 16.3. The third-order valence-electron chi connectivity index (χ3n) is 24.6. The first-order chi connectivity index (χ1) is 44.7. The van der Waals surface area contributed by atoms with Gasteiger partial charge in [-0.15, -0.1) is 0 Å². The second-order valence-electron chi connectivity index (χ2n) is 35.4. The summed E-state index contributed by atoms with van der Waals surface area (Å²) in [6.07, 6.45) is 6.77. The molecule has 0 spiro atoms. The van der Waals surface area contributed by atoms with Gasteiger partial charge in [0.25, 0.3) is 6.71 Å². The molecule has 3 heterocycles. The van der Waals surface area contributed by atoms with Crippen LogP contribution >= 0.6 is 0 Å². The van der Waals surface area contributed by atoms with Crippen LogP contribution in [0.4, 0.5) is 51.2 Å². The first-order valence-electron chi connectivity index (χ1n) is 35.6. The molecule has 4 nitrogen and oxygen atoms in total. The van der Waals surface area contributed by atoms with Crippen LogP contribution in [0.2, 0.25) is 0 Å². The van der Waals surface area contributed by atoms with Crippen molar-refractivity contribution in [1.82, 2.24) is 0 Å². The molecule has 1 aromatic heterocycles. The van der Waals surface area contributed by atoms with Gasteiger partial charge in [0.1, 0.15) is 5.58 Å². The summed E-state index contributed by atoms with van der Waals surface area (Å²) in [6, 6.07) is 73.7. The van der Waals surface area contributed by atoms with Crippen molar-refractivity contribution in [2.45, 2.75) is 219 Å². The second-order valence-corrected chi connectivity index (χ2v) is 35.4. The Kier molecular flexibility index (Phi) is 14.1. The second kappa shape index (κ2) is 21.2. The molecule has 9 aromatic carbocycles. The summed E-state index contributed by atoms with van der Waals surface area (Å²) < 4.78 is 7.94. The average molecular weight is 1250 g/mol. The fraction of sp³-hybridized carbons (Fsp3) is 0.378. The summed E-state index contributed by atoms with van der Waals surface area (Å²) >= 11 is 0. The van der Waals surface area contributed by atoms with E-state index in [-0.39, 0.29) is 55.4 Å². The van der Waals surface area contributed by atoms with Gasteiger partial charge in [-0.25, -0.2) is 0 Å². The molecule has 0 amide bonds. The molecular formula is C90H100BN3O. The molecule has 95 heavy (non-hydrogen) atoms. The minimum absolute atomic E-state index is 0.0116. The van der Waals surface area contributed by atoms with Crippen LogP contribution in [-0.4, -0.2) is 6.71 Å². The van der Waals surface area contributed by atoms with E-state index in [1.165, 1.54) is 100 Å². The highest BCUT2D eigenvalue weighted by molar-refractivity contribution is 7.00. The summed E-state index contributed by atoms with van der Waals surface area (Å²) in [7, 11) is 0. The predicted octanol–water partition coefficient (Wildman–Crippen LogP) is 23.0. The molecule has 0 saturated heterocycles. The van der Waals surface area contributed by atoms with Crippen LogP contribution in [0.25, 0.3) is 11.0 Å². The third kappa shape index (κ3) is 10.0. The van der Waals surface area contributed by atoms with Gasteiger partial charge < -0.3 is 19.1 Å². The molecule has 3 aliphatic carbocycles. The Morgan fingerprint density at radius 3 is 1.24 bits per heavy atom. The summed E-state index contributed by atoms with van der Waals surface area (Å²) in [5, 5.41) is 1.18. The lowest BCUT2D eigenvalue weighted by Crippen LogP contribution is -2.61. The van der Waals surface area contributed by atoms with E-state index in [2.05, 4.69) is 334 Å². The number of furan rings is 1. The van der Waals surface area contributed by atoms with Gasteiger partial charge in [0.15, 0.2) is 0 Å². The van der Waals surface area contributed by atoms with Crippen molar-refractivity contribution >= 4 is 85.5 Å². The molecule has 0 atom stereocenters. The van der Waals surface area contributed by atoms with Crippen molar-refractivity contribution < 1.29 is 4.42 Å². The molecular weight excluding hydrogens is 1150 g/mol. The summed E-state index contributed by atoms with van der Waals surface area (Å²) in [4.78, 5) is 7.92. The minimum Gasteiger partial charge on any atom is -0.468 e. The monoisotopic (exact) mass is 1250 g/mol. The van der Waals surface area contributed by atoms with Crippen LogP contribution in [0.5, 0.6) is 0 Å². The predicted molar refractivity (Wildman–Crippen MR) is 407 cm³/mol. The van der Waals surface area contributed by atoms with Gasteiger partial charge in [-0.05, 0) is 227 Å². The van der Waals surface area contributed by atoms with E-state index in [0.29, 0.717) is 0 Å². The topological polar surface area (TPSA) is 22.9 Å². The van der Waals surface area contributed by atoms with E-state index in [1.54, 1.807) is 0 Å². The Balaban J connectivity index is 1.08. The van der Waals surface area contributed by atoms with Crippen molar-refractivity contribution in [1.29, 1.82) is 0 Å². The molecule has 0 fully saturated rings. The lowest BCUT2D eigenvalue weighted by Gasteiger charge is -2.47. The van der Waals surface area contributed by atoms with E-state index in [4.69, 9.17) is 4.42 Å². The average Bonchev–Trinajstić information content (AvgIpc) is 1.67. The molecule has 5 heteroatoms. The third-order valence-corrected chi connectivity index (χ3v) is 24.6. The maximum Gasteiger partial charge on any atom is 0.297 e. The van der Waals surface area contributed by atoms with Gasteiger partial charge in [0.2, 0.25) is 0 Å². The van der Waals surface area contributed by atoms with Gasteiger partial charge in [-0.3, -0.25) is 0 Å². The normalized spacial score (nSPS) is 18.5. The number of benzene rings is 9. The van der Waals surface area contributed by atoms with Crippen LogP contribution in [-0.2, 0) is 48.7 Å². The number of rotatable bonds is 9. The molecule has 0 unspecified atom stereocenters. The van der Waals surface area contributed by atoms with E-state index in [0.717, 1.165) is 78.2 Å². The highest BCUT2D eigenvalue weighted by Crippen LogP contribution is 2.57. The Labute approximate surface area is 569 Å². The maximum absolute atomic E-state index is 7.94. The standard InChI is InChI=1S/C90H100BN3O/c1-82(2,3)57-30-36-64(37-31-57)94-77-52-66(92(62-38-32-60(33-39-62)89(16,17)58-26-22-20-23-27-58)63-40-34-61(35-41-63)90(18,19)59-28-24-21-25-29-59)51-76-79(77)91(81-80(94)67-53-70-73(56-78(67)95-81)88(14,15)49-46-85(70,8)9)74-54-71-72(87(12,13)48-47-86(71,10)11)55-75(74)93(76)65-42-43-68-69(50-65)84(6,7)45-44-83(68,4)5/h20-43,50-56H,44-49H2,1-19H3. The van der Waals surface area contributed by atoms with Crippen LogP contribution in [0.15, 0.2) is 192 Å². The Bertz CT molecular complexity index is 4590. The number of nitrogens with zero attached hydrogens (tertiary/aromatic N) is 3. The fourth-order valence-electron chi connectivity index (χ4n) is 17.6. The number of hydrogen-bond donors (Lipinski definition) is 0. The van der Waals surface area contributed by atoms with Crippen LogP contribution in [0, 0.1) is 0 Å². The zero-order chi connectivity index (χ0) is 67.1. The van der Waals surface area contributed by atoms with E-state index >= 15 is 0 Å². The van der Waals surface area contributed by atoms with Gasteiger partial charge in [-0.2, -0.15) is 0 Å². The van der Waals surface area contributed by atoms with Crippen molar-refractivity contribution in [3.05, 3.63) is 249 Å². The van der Waals surface area contributed by atoms with Crippen molar-refractivity contribution in [2.75, 3.05) is 14.7 Å². The minimum atomic E-state index is -0.238. The molecule has 2 aliphatic heterocycles. The van der Waals surface area contributed by atoms with Gasteiger partial charge in [-0.1, -0.05) is 241 Å². The van der Waals surface area contributed by atoms with E-state index in [1.807, 2.05) is 0 Å². The van der Waals surface area contributed by atoms with Crippen LogP contribution < -0.4 is 31.3 Å². The molecule has 5 aliphatic rings. The summed E-state index contributed by atoms with van der Waals surface area (Å²) in [5.41, 5.74) is 29.4. The molecule has 0 saturated carbocycles. The summed E-state index contributed by atoms with van der Waals surface area (Å²) in [6.45, 7) is 45.9. The Hall–Kier alpha value is -8.02. The zero-order valence-corrected chi connectivity index (χ0v) is 60.5. The smallest absolute Gasteiger partial charge is 0.297 e. The number of hydrogen-bond acceptors (Lipinski definition) is 4. The number of anilines is 9. The molecule has 10 aromatic rings. The van der Waals surface area contributed by atoms with Gasteiger partial charge in [0, 0.05) is 56.0 Å². The molecule has 484 valence electrons. The fourth-order valence-corrected chi connectivity index (χ4v) is 17.6. The van der Waals surface area contributed by atoms with Crippen LogP contribution in [0.3, 0.4) is 0 Å². The lowest BCUT2D eigenvalue weighted by molar-refractivity contribution is 0.332. The van der Waals surface area contributed by atoms with Gasteiger partial charge in [0.05, 0.1) is 17.0 Å². The van der Waals surface area contributed by atoms with Gasteiger partial charge >= 0.3 is 0 Å². The lowest BCUT2D eigenvalue weighted by atomic mass is 9.35. The molecule has 15 rings (SSSR count). The quantitative estimate of drug-likeness (QED) is 0.134. The van der Waals surface area contributed by atoms with Crippen molar-refractivity contribution in [3.8, 4) is 0 Å². The zero-order valence-electron chi connectivity index (χ0n) is 60.5. The Morgan fingerprint density at radius 1 is 0.358 bits per heavy atom. The summed E-state index contributed by atoms with van der Waals surface area (Å²) in [5.74, 6) is 0. The Morgan fingerprint density at radius 2 is 0.758 bits per heavy atom. The van der Waals surface area contributed by atoms with Crippen molar-refractivity contribution in [3.63, 3.8) is 0 Å². The first kappa shape index (κ1) is 63.1. The first-order valence-corrected chi connectivity index (χ1v) is 35.6. The molecule has 0 bridgehead atoms.